The van der Waals surface area contributed by atoms with E-state index in [4.69, 9.17) is 9.15 Å². The van der Waals surface area contributed by atoms with Gasteiger partial charge >= 0.3 is 0 Å². The second-order valence-electron chi connectivity index (χ2n) is 6.89. The van der Waals surface area contributed by atoms with E-state index in [0.717, 1.165) is 5.39 Å². The highest BCUT2D eigenvalue weighted by Crippen LogP contribution is 2.32. The molecule has 2 aromatic heterocycles. The molecule has 148 valence electrons. The van der Waals surface area contributed by atoms with Gasteiger partial charge < -0.3 is 14.5 Å². The number of ether oxygens (including phenoxy) is 1. The molecule has 0 bridgehead atoms. The third kappa shape index (κ3) is 3.60. The quantitative estimate of drug-likeness (QED) is 0.694. The van der Waals surface area contributed by atoms with Crippen LogP contribution in [0, 0.1) is 6.92 Å². The minimum absolute atomic E-state index is 0.276. The molecule has 1 saturated heterocycles. The van der Waals surface area contributed by atoms with Gasteiger partial charge in [0.1, 0.15) is 23.2 Å². The van der Waals surface area contributed by atoms with Crippen molar-refractivity contribution in [2.45, 2.75) is 13.0 Å². The summed E-state index contributed by atoms with van der Waals surface area (Å²) in [7, 11) is -1.46. The maximum atomic E-state index is 12.6. The molecule has 0 unspecified atom stereocenters. The molecule has 1 fully saturated rings. The number of carbonyl (C=O) groups excluding carboxylic acids is 1. The van der Waals surface area contributed by atoms with E-state index in [9.17, 15) is 13.2 Å². The van der Waals surface area contributed by atoms with Crippen molar-refractivity contribution in [3.05, 3.63) is 41.8 Å². The molecule has 28 heavy (non-hydrogen) atoms. The lowest BCUT2D eigenvalue weighted by Crippen LogP contribution is -2.55. The molecule has 0 atom stereocenters. The molecule has 4 rings (SSSR count). The Morgan fingerprint density at radius 1 is 1.32 bits per heavy atom. The van der Waals surface area contributed by atoms with Crippen LogP contribution >= 0.6 is 0 Å². The molecule has 9 nitrogen and oxygen atoms in total. The van der Waals surface area contributed by atoms with Crippen LogP contribution in [-0.4, -0.2) is 53.9 Å². The van der Waals surface area contributed by atoms with Crippen LogP contribution in [0.3, 0.4) is 0 Å². The number of rotatable bonds is 5. The molecule has 0 aliphatic carbocycles. The fraction of sp³-hybridized carbons (Fsp3) is 0.333. The Hall–Kier alpha value is -2.85. The summed E-state index contributed by atoms with van der Waals surface area (Å²) >= 11 is 0. The van der Waals surface area contributed by atoms with E-state index < -0.39 is 10.0 Å². The summed E-state index contributed by atoms with van der Waals surface area (Å²) in [5.74, 6) is 1.27. The monoisotopic (exact) mass is 404 g/mol. The molecule has 1 N–H and O–H groups in total. The first-order chi connectivity index (χ1) is 13.2. The van der Waals surface area contributed by atoms with Gasteiger partial charge in [-0.3, -0.25) is 9.48 Å². The van der Waals surface area contributed by atoms with E-state index in [0.29, 0.717) is 28.5 Å². The molecular formula is C18H20N4O5S. The zero-order valence-electron chi connectivity index (χ0n) is 15.7. The summed E-state index contributed by atoms with van der Waals surface area (Å²) in [6.07, 6.45) is 2.62. The maximum Gasteiger partial charge on any atom is 0.257 e. The number of hydrogen-bond acceptors (Lipinski definition) is 6. The Morgan fingerprint density at radius 2 is 2.07 bits per heavy atom. The Morgan fingerprint density at radius 3 is 2.71 bits per heavy atom. The zero-order valence-corrected chi connectivity index (χ0v) is 16.5. The Balaban J connectivity index is 1.59. The smallest absolute Gasteiger partial charge is 0.257 e. The number of nitrogens with zero attached hydrogens (tertiary/aromatic N) is 3. The molecule has 3 heterocycles. The van der Waals surface area contributed by atoms with Crippen LogP contribution in [0.15, 0.2) is 34.9 Å². The number of hydrogen-bond donors (Lipinski definition) is 1. The van der Waals surface area contributed by atoms with E-state index in [1.165, 1.54) is 10.6 Å². The third-order valence-electron chi connectivity index (χ3n) is 4.52. The normalized spacial score (nSPS) is 15.5. The van der Waals surface area contributed by atoms with Gasteiger partial charge in [0.15, 0.2) is 5.82 Å². The molecule has 1 aliphatic heterocycles. The van der Waals surface area contributed by atoms with Crippen molar-refractivity contribution >= 4 is 32.7 Å². The van der Waals surface area contributed by atoms with Gasteiger partial charge in [0.25, 0.3) is 5.91 Å². The average Bonchev–Trinajstić information content (AvgIpc) is 3.13. The first-order valence-corrected chi connectivity index (χ1v) is 10.5. The summed E-state index contributed by atoms with van der Waals surface area (Å²) in [5, 5.41) is 7.61. The van der Waals surface area contributed by atoms with E-state index >= 15 is 0 Å². The van der Waals surface area contributed by atoms with Crippen molar-refractivity contribution in [1.82, 2.24) is 14.1 Å². The van der Waals surface area contributed by atoms with Crippen LogP contribution in [-0.2, 0) is 17.1 Å². The number of aryl methyl sites for hydroxylation is 2. The molecule has 0 radical (unpaired) electrons. The maximum absolute atomic E-state index is 12.6. The van der Waals surface area contributed by atoms with Crippen molar-refractivity contribution in [2.24, 2.45) is 7.05 Å². The summed E-state index contributed by atoms with van der Waals surface area (Å²) < 4.78 is 37.7. The highest BCUT2D eigenvalue weighted by Gasteiger charge is 2.35. The highest BCUT2D eigenvalue weighted by atomic mass is 32.2. The number of aromatic nitrogens is 2. The number of sulfonamides is 1. The van der Waals surface area contributed by atoms with Crippen molar-refractivity contribution in [2.75, 3.05) is 24.7 Å². The Kier molecular flexibility index (Phi) is 4.39. The summed E-state index contributed by atoms with van der Waals surface area (Å²) in [6, 6.07) is 6.81. The molecule has 0 saturated carbocycles. The first kappa shape index (κ1) is 18.5. The van der Waals surface area contributed by atoms with Crippen molar-refractivity contribution in [1.29, 1.82) is 0 Å². The van der Waals surface area contributed by atoms with Crippen molar-refractivity contribution in [3.63, 3.8) is 0 Å². The SMILES string of the molecule is Cc1cc2c(OC3CN(S(C)(=O)=O)C3)cc(C(=O)Nc3ccn(C)n3)cc2o1. The fourth-order valence-corrected chi connectivity index (χ4v) is 3.93. The van der Waals surface area contributed by atoms with Gasteiger partial charge in [-0.25, -0.2) is 8.42 Å². The predicted octanol–water partition coefficient (Wildman–Crippen LogP) is 1.75. The molecule has 1 aromatic carbocycles. The van der Waals surface area contributed by atoms with E-state index in [1.54, 1.807) is 36.1 Å². The minimum Gasteiger partial charge on any atom is -0.487 e. The topological polar surface area (TPSA) is 107 Å². The molecular weight excluding hydrogens is 384 g/mol. The third-order valence-corrected chi connectivity index (χ3v) is 5.75. The lowest BCUT2D eigenvalue weighted by molar-refractivity contribution is 0.0779. The standard InChI is InChI=1S/C18H20N4O5S/c1-11-6-14-15(26-11)7-12(18(23)19-17-4-5-21(2)20-17)8-16(14)27-13-9-22(10-13)28(3,24)25/h4-8,13H,9-10H2,1-3H3,(H,19,20,23). The number of carbonyl (C=O) groups is 1. The lowest BCUT2D eigenvalue weighted by Gasteiger charge is -2.37. The fourth-order valence-electron chi connectivity index (χ4n) is 3.06. The van der Waals surface area contributed by atoms with Crippen LogP contribution < -0.4 is 10.1 Å². The number of fused-ring (bicyclic) bond motifs is 1. The predicted molar refractivity (Wildman–Crippen MR) is 103 cm³/mol. The first-order valence-electron chi connectivity index (χ1n) is 8.66. The minimum atomic E-state index is -3.22. The Labute approximate surface area is 161 Å². The van der Waals surface area contributed by atoms with Crippen LogP contribution in [0.2, 0.25) is 0 Å². The van der Waals surface area contributed by atoms with E-state index in [-0.39, 0.29) is 25.1 Å². The Bertz CT molecular complexity index is 1160. The van der Waals surface area contributed by atoms with Gasteiger partial charge in [-0.05, 0) is 25.1 Å². The van der Waals surface area contributed by atoms with Gasteiger partial charge in [-0.15, -0.1) is 0 Å². The molecule has 10 heteroatoms. The second kappa shape index (κ2) is 6.64. The summed E-state index contributed by atoms with van der Waals surface area (Å²) in [4.78, 5) is 12.6. The van der Waals surface area contributed by atoms with Crippen LogP contribution in [0.25, 0.3) is 11.0 Å². The molecule has 0 spiro atoms. The number of anilines is 1. The molecule has 1 amide bonds. The second-order valence-corrected chi connectivity index (χ2v) is 8.87. The van der Waals surface area contributed by atoms with Gasteiger partial charge in [0, 0.05) is 24.9 Å². The van der Waals surface area contributed by atoms with Crippen LogP contribution in [0.4, 0.5) is 5.82 Å². The molecule has 1 aliphatic rings. The summed E-state index contributed by atoms with van der Waals surface area (Å²) in [6.45, 7) is 2.37. The number of benzene rings is 1. The van der Waals surface area contributed by atoms with Crippen molar-refractivity contribution in [3.8, 4) is 5.75 Å². The van der Waals surface area contributed by atoms with Gasteiger partial charge in [-0.1, -0.05) is 0 Å². The largest absolute Gasteiger partial charge is 0.487 e. The van der Waals surface area contributed by atoms with Crippen molar-refractivity contribution < 1.29 is 22.4 Å². The number of furan rings is 1. The summed E-state index contributed by atoms with van der Waals surface area (Å²) in [5.41, 5.74) is 0.891. The zero-order chi connectivity index (χ0) is 20.1. The number of amides is 1. The highest BCUT2D eigenvalue weighted by molar-refractivity contribution is 7.88. The molecule has 3 aromatic rings. The lowest BCUT2D eigenvalue weighted by atomic mass is 10.1. The van der Waals surface area contributed by atoms with Crippen LogP contribution in [0.5, 0.6) is 5.75 Å². The number of nitrogens with one attached hydrogen (secondary N) is 1. The van der Waals surface area contributed by atoms with Gasteiger partial charge in [0.05, 0.1) is 24.7 Å². The van der Waals surface area contributed by atoms with E-state index in [1.807, 2.05) is 13.0 Å². The van der Waals surface area contributed by atoms with E-state index in [2.05, 4.69) is 10.4 Å². The van der Waals surface area contributed by atoms with Gasteiger partial charge in [0.2, 0.25) is 10.0 Å². The average molecular weight is 404 g/mol. The van der Waals surface area contributed by atoms with Gasteiger partial charge in [-0.2, -0.15) is 9.40 Å². The van der Waals surface area contributed by atoms with Crippen LogP contribution in [0.1, 0.15) is 16.1 Å².